The average molecular weight is 450 g/mol. The van der Waals surface area contributed by atoms with Crippen molar-refractivity contribution in [3.05, 3.63) is 40.7 Å². The number of aromatic amines is 1. The Hall–Kier alpha value is -2.65. The van der Waals surface area contributed by atoms with E-state index in [1.54, 1.807) is 25.4 Å². The molecular formula is C21H25ClFN5O3. The fourth-order valence-electron chi connectivity index (χ4n) is 4.20. The molecule has 0 radical (unpaired) electrons. The molecule has 2 aliphatic rings. The van der Waals surface area contributed by atoms with Gasteiger partial charge in [0.1, 0.15) is 17.3 Å². The summed E-state index contributed by atoms with van der Waals surface area (Å²) in [5.74, 6) is -0.122. The molecule has 1 aliphatic carbocycles. The Morgan fingerprint density at radius 1 is 1.52 bits per heavy atom. The first-order chi connectivity index (χ1) is 14.9. The van der Waals surface area contributed by atoms with Gasteiger partial charge in [-0.05, 0) is 38.7 Å². The number of hydrogen-bond donors (Lipinski definition) is 4. The van der Waals surface area contributed by atoms with E-state index < -0.39 is 17.4 Å². The number of aliphatic hydroxyl groups is 1. The van der Waals surface area contributed by atoms with Gasteiger partial charge in [-0.15, -0.1) is 0 Å². The van der Waals surface area contributed by atoms with Gasteiger partial charge in [-0.25, -0.2) is 9.37 Å². The number of ether oxygens (including phenoxy) is 1. The van der Waals surface area contributed by atoms with Crippen LogP contribution in [-0.2, 0) is 9.53 Å². The van der Waals surface area contributed by atoms with Gasteiger partial charge in [0.15, 0.2) is 5.83 Å². The standard InChI is InChI=1S/C21H25ClFN5O3/c1-2-31-17(29)8-21(30)5-3-4-13(7-21)27-20-16(23)11-26-19(28-20)15-10-25-18-14(15)6-12(22)9-24-18/h6,9-10,13,27,30H,2-5,7-8,11H2,1H3,(H,24,25)(H,26,28)/t13-,21+/m0/s1. The number of nitrogens with one attached hydrogen (secondary N) is 3. The van der Waals surface area contributed by atoms with Crippen molar-refractivity contribution in [3.63, 3.8) is 0 Å². The number of aliphatic imine (C=N–C) groups is 1. The molecule has 0 spiro atoms. The van der Waals surface area contributed by atoms with Crippen LogP contribution in [0.15, 0.2) is 35.1 Å². The Balaban J connectivity index is 1.46. The molecule has 0 unspecified atom stereocenters. The zero-order valence-electron chi connectivity index (χ0n) is 17.2. The fraction of sp³-hybridized carbons (Fsp3) is 0.476. The van der Waals surface area contributed by atoms with Crippen molar-refractivity contribution in [1.82, 2.24) is 20.6 Å². The Morgan fingerprint density at radius 3 is 3.16 bits per heavy atom. The molecule has 0 bridgehead atoms. The van der Waals surface area contributed by atoms with Crippen molar-refractivity contribution in [1.29, 1.82) is 0 Å². The highest BCUT2D eigenvalue weighted by molar-refractivity contribution is 6.31. The predicted molar refractivity (Wildman–Crippen MR) is 115 cm³/mol. The molecule has 1 fully saturated rings. The normalized spacial score (nSPS) is 24.0. The van der Waals surface area contributed by atoms with Crippen LogP contribution >= 0.6 is 11.6 Å². The number of rotatable bonds is 6. The van der Waals surface area contributed by atoms with Crippen LogP contribution in [0.2, 0.25) is 5.02 Å². The topological polar surface area (TPSA) is 112 Å². The summed E-state index contributed by atoms with van der Waals surface area (Å²) in [7, 11) is 0. The molecule has 2 aromatic rings. The summed E-state index contributed by atoms with van der Waals surface area (Å²) in [5.41, 5.74) is 0.230. The second kappa shape index (κ2) is 8.84. The lowest BCUT2D eigenvalue weighted by Gasteiger charge is -2.37. The van der Waals surface area contributed by atoms with Gasteiger partial charge in [0, 0.05) is 29.4 Å². The van der Waals surface area contributed by atoms with Gasteiger partial charge in [-0.2, -0.15) is 0 Å². The van der Waals surface area contributed by atoms with Crippen molar-refractivity contribution in [3.8, 4) is 0 Å². The van der Waals surface area contributed by atoms with Crippen molar-refractivity contribution in [2.45, 2.75) is 50.7 Å². The number of aromatic nitrogens is 2. The van der Waals surface area contributed by atoms with Crippen LogP contribution in [0.1, 0.15) is 44.6 Å². The monoisotopic (exact) mass is 449 g/mol. The van der Waals surface area contributed by atoms with Crippen molar-refractivity contribution in [2.24, 2.45) is 4.99 Å². The van der Waals surface area contributed by atoms with Gasteiger partial charge in [0.25, 0.3) is 0 Å². The Labute approximate surface area is 183 Å². The van der Waals surface area contributed by atoms with E-state index in [-0.39, 0.29) is 31.4 Å². The zero-order chi connectivity index (χ0) is 22.0. The van der Waals surface area contributed by atoms with E-state index in [0.717, 1.165) is 23.8 Å². The third kappa shape index (κ3) is 4.83. The molecule has 10 heteroatoms. The van der Waals surface area contributed by atoms with Crippen LogP contribution in [-0.4, -0.2) is 51.7 Å². The van der Waals surface area contributed by atoms with Crippen LogP contribution in [0.25, 0.3) is 11.0 Å². The predicted octanol–water partition coefficient (Wildman–Crippen LogP) is 2.92. The highest BCUT2D eigenvalue weighted by Crippen LogP contribution is 2.32. The van der Waals surface area contributed by atoms with E-state index in [9.17, 15) is 14.3 Å². The van der Waals surface area contributed by atoms with E-state index >= 15 is 0 Å². The number of halogens is 2. The lowest BCUT2D eigenvalue weighted by atomic mass is 9.79. The average Bonchev–Trinajstić information content (AvgIpc) is 3.12. The summed E-state index contributed by atoms with van der Waals surface area (Å²) in [6.07, 6.45) is 5.54. The maximum absolute atomic E-state index is 14.6. The Bertz CT molecular complexity index is 1050. The van der Waals surface area contributed by atoms with E-state index in [1.807, 2.05) is 0 Å². The number of hydrogen-bond acceptors (Lipinski definition) is 7. The minimum Gasteiger partial charge on any atom is -0.466 e. The number of carbonyl (C=O) groups is 1. The first-order valence-electron chi connectivity index (χ1n) is 10.3. The molecular weight excluding hydrogens is 425 g/mol. The molecule has 1 saturated carbocycles. The second-order valence-electron chi connectivity index (χ2n) is 7.97. The van der Waals surface area contributed by atoms with Crippen molar-refractivity contribution in [2.75, 3.05) is 13.2 Å². The summed E-state index contributed by atoms with van der Waals surface area (Å²) < 4.78 is 19.5. The molecule has 2 aromatic heterocycles. The van der Waals surface area contributed by atoms with Gasteiger partial charge < -0.3 is 25.5 Å². The third-order valence-electron chi connectivity index (χ3n) is 5.59. The van der Waals surface area contributed by atoms with Gasteiger partial charge in [0.05, 0.1) is 30.2 Å². The Kier molecular flexibility index (Phi) is 6.15. The molecule has 31 heavy (non-hydrogen) atoms. The molecule has 2 atom stereocenters. The number of carbonyl (C=O) groups excluding carboxylic acids is 1. The fourth-order valence-corrected chi connectivity index (χ4v) is 4.36. The minimum atomic E-state index is -1.16. The SMILES string of the molecule is CCOC(=O)C[C@@]1(O)CCC[C@H](NC2=C(F)CN=C(c3c[nH]c4ncc(Cl)cc34)N2)C1. The summed E-state index contributed by atoms with van der Waals surface area (Å²) in [6, 6.07) is 1.58. The number of nitrogens with zero attached hydrogens (tertiary/aromatic N) is 2. The maximum Gasteiger partial charge on any atom is 0.308 e. The van der Waals surface area contributed by atoms with E-state index in [1.165, 1.54) is 0 Å². The lowest BCUT2D eigenvalue weighted by Crippen LogP contribution is -2.48. The second-order valence-corrected chi connectivity index (χ2v) is 8.40. The number of H-pyrrole nitrogens is 1. The molecule has 3 heterocycles. The van der Waals surface area contributed by atoms with E-state index in [4.69, 9.17) is 16.3 Å². The first kappa shape index (κ1) is 21.6. The van der Waals surface area contributed by atoms with Gasteiger partial charge in [-0.1, -0.05) is 11.6 Å². The van der Waals surface area contributed by atoms with Crippen LogP contribution in [0, 0.1) is 0 Å². The first-order valence-corrected chi connectivity index (χ1v) is 10.7. The largest absolute Gasteiger partial charge is 0.466 e. The smallest absolute Gasteiger partial charge is 0.308 e. The summed E-state index contributed by atoms with van der Waals surface area (Å²) in [4.78, 5) is 23.4. The van der Waals surface area contributed by atoms with Crippen molar-refractivity contribution < 1.29 is 19.0 Å². The van der Waals surface area contributed by atoms with Crippen molar-refractivity contribution >= 4 is 34.4 Å². The van der Waals surface area contributed by atoms with Gasteiger partial charge in [0.2, 0.25) is 0 Å². The maximum atomic E-state index is 14.6. The number of fused-ring (bicyclic) bond motifs is 1. The summed E-state index contributed by atoms with van der Waals surface area (Å²) in [5, 5.41) is 18.3. The van der Waals surface area contributed by atoms with Gasteiger partial charge in [-0.3, -0.25) is 9.79 Å². The Morgan fingerprint density at radius 2 is 2.35 bits per heavy atom. The molecule has 0 amide bonds. The van der Waals surface area contributed by atoms with E-state index in [0.29, 0.717) is 29.3 Å². The highest BCUT2D eigenvalue weighted by atomic mass is 35.5. The van der Waals surface area contributed by atoms with Crippen LogP contribution in [0.5, 0.6) is 0 Å². The lowest BCUT2D eigenvalue weighted by molar-refractivity contribution is -0.150. The molecule has 166 valence electrons. The van der Waals surface area contributed by atoms with Gasteiger partial charge >= 0.3 is 5.97 Å². The third-order valence-corrected chi connectivity index (χ3v) is 5.80. The molecule has 4 N–H and O–H groups in total. The van der Waals surface area contributed by atoms with Crippen LogP contribution in [0.3, 0.4) is 0 Å². The quantitative estimate of drug-likeness (QED) is 0.504. The van der Waals surface area contributed by atoms with Crippen LogP contribution < -0.4 is 10.6 Å². The number of pyridine rings is 1. The summed E-state index contributed by atoms with van der Waals surface area (Å²) in [6.45, 7) is 1.90. The van der Waals surface area contributed by atoms with E-state index in [2.05, 4.69) is 25.6 Å². The molecule has 8 nitrogen and oxygen atoms in total. The highest BCUT2D eigenvalue weighted by Gasteiger charge is 2.37. The molecule has 0 saturated heterocycles. The molecule has 1 aliphatic heterocycles. The minimum absolute atomic E-state index is 0.0657. The molecule has 0 aromatic carbocycles. The summed E-state index contributed by atoms with van der Waals surface area (Å²) >= 11 is 6.07. The number of amidine groups is 1. The number of esters is 1. The zero-order valence-corrected chi connectivity index (χ0v) is 17.9. The van der Waals surface area contributed by atoms with Crippen LogP contribution in [0.4, 0.5) is 4.39 Å². The molecule has 4 rings (SSSR count).